The maximum atomic E-state index is 13.4. The van der Waals surface area contributed by atoms with Gasteiger partial charge in [-0.3, -0.25) is 0 Å². The van der Waals surface area contributed by atoms with E-state index in [1.165, 1.54) is 36.4 Å². The monoisotopic (exact) mass is 252 g/mol. The fourth-order valence-corrected chi connectivity index (χ4v) is 1.72. The molecule has 0 bridgehead atoms. The molecule has 0 fully saturated rings. The van der Waals surface area contributed by atoms with E-state index < -0.39 is 23.6 Å². The van der Waals surface area contributed by atoms with Gasteiger partial charge in [0.1, 0.15) is 5.82 Å². The highest BCUT2D eigenvalue weighted by Gasteiger charge is 2.13. The number of benzene rings is 2. The van der Waals surface area contributed by atoms with Crippen LogP contribution in [-0.4, -0.2) is 5.11 Å². The second-order valence-electron chi connectivity index (χ2n) is 3.98. The van der Waals surface area contributed by atoms with Gasteiger partial charge in [0.2, 0.25) is 0 Å². The summed E-state index contributed by atoms with van der Waals surface area (Å²) in [5.74, 6) is -2.32. The van der Waals surface area contributed by atoms with Gasteiger partial charge in [-0.2, -0.15) is 0 Å². The molecule has 94 valence electrons. The summed E-state index contributed by atoms with van der Waals surface area (Å²) in [6.45, 7) is 0. The summed E-state index contributed by atoms with van der Waals surface area (Å²) in [7, 11) is 0. The van der Waals surface area contributed by atoms with Crippen LogP contribution in [-0.2, 0) is 6.42 Å². The average Bonchev–Trinajstić information content (AvgIpc) is 2.36. The van der Waals surface area contributed by atoms with Gasteiger partial charge >= 0.3 is 0 Å². The predicted octanol–water partition coefficient (Wildman–Crippen LogP) is 3.38. The molecule has 0 aromatic heterocycles. The van der Waals surface area contributed by atoms with E-state index >= 15 is 0 Å². The first-order valence-electron chi connectivity index (χ1n) is 5.44. The fraction of sp³-hybridized carbons (Fsp3) is 0.143. The van der Waals surface area contributed by atoms with Crippen molar-refractivity contribution in [3.05, 3.63) is 71.0 Å². The van der Waals surface area contributed by atoms with Crippen molar-refractivity contribution in [3.8, 4) is 0 Å². The molecule has 2 rings (SSSR count). The number of hydrogen-bond donors (Lipinski definition) is 1. The Morgan fingerprint density at radius 1 is 0.944 bits per heavy atom. The molecule has 0 saturated carbocycles. The zero-order valence-corrected chi connectivity index (χ0v) is 9.41. The van der Waals surface area contributed by atoms with Gasteiger partial charge in [0.25, 0.3) is 0 Å². The zero-order chi connectivity index (χ0) is 13.1. The van der Waals surface area contributed by atoms with Gasteiger partial charge in [-0.15, -0.1) is 0 Å². The topological polar surface area (TPSA) is 20.2 Å². The minimum atomic E-state index is -0.998. The van der Waals surface area contributed by atoms with Crippen molar-refractivity contribution in [1.82, 2.24) is 0 Å². The molecule has 0 heterocycles. The van der Waals surface area contributed by atoms with Crippen LogP contribution in [0.3, 0.4) is 0 Å². The number of hydrogen-bond acceptors (Lipinski definition) is 1. The minimum absolute atomic E-state index is 0.0603. The van der Waals surface area contributed by atoms with Gasteiger partial charge in [0, 0.05) is 6.42 Å². The lowest BCUT2D eigenvalue weighted by Gasteiger charge is -2.11. The Balaban J connectivity index is 2.18. The molecular formula is C14H11F3O. The molecule has 0 amide bonds. The molecule has 1 atom stereocenters. The number of halogens is 3. The standard InChI is InChI=1S/C14H11F3O/c15-11-6-4-9(5-7-11)13(18)8-10-2-1-3-12(16)14(10)17/h1-7,13,18H,8H2. The van der Waals surface area contributed by atoms with Gasteiger partial charge in [0.05, 0.1) is 6.10 Å². The molecular weight excluding hydrogens is 241 g/mol. The van der Waals surface area contributed by atoms with E-state index in [-0.39, 0.29) is 12.0 Å². The highest BCUT2D eigenvalue weighted by molar-refractivity contribution is 5.24. The SMILES string of the molecule is OC(Cc1cccc(F)c1F)c1ccc(F)cc1. The molecule has 18 heavy (non-hydrogen) atoms. The third-order valence-electron chi connectivity index (χ3n) is 2.70. The van der Waals surface area contributed by atoms with Gasteiger partial charge in [-0.25, -0.2) is 13.2 Å². The van der Waals surface area contributed by atoms with Crippen LogP contribution in [0.15, 0.2) is 42.5 Å². The lowest BCUT2D eigenvalue weighted by Crippen LogP contribution is -2.04. The van der Waals surface area contributed by atoms with Crippen LogP contribution < -0.4 is 0 Å². The van der Waals surface area contributed by atoms with Crippen molar-refractivity contribution < 1.29 is 18.3 Å². The van der Waals surface area contributed by atoms with E-state index in [0.717, 1.165) is 6.07 Å². The van der Waals surface area contributed by atoms with Gasteiger partial charge in [0.15, 0.2) is 11.6 Å². The van der Waals surface area contributed by atoms with Crippen LogP contribution >= 0.6 is 0 Å². The first-order valence-corrected chi connectivity index (χ1v) is 5.44. The number of aliphatic hydroxyl groups is 1. The van der Waals surface area contributed by atoms with Crippen LogP contribution in [0.2, 0.25) is 0 Å². The van der Waals surface area contributed by atoms with Crippen LogP contribution in [0.5, 0.6) is 0 Å². The Morgan fingerprint density at radius 3 is 2.28 bits per heavy atom. The summed E-state index contributed by atoms with van der Waals surface area (Å²) in [6, 6.07) is 9.05. The predicted molar refractivity (Wildman–Crippen MR) is 61.4 cm³/mol. The Morgan fingerprint density at radius 2 is 1.61 bits per heavy atom. The summed E-state index contributed by atoms with van der Waals surface area (Å²) < 4.78 is 39.1. The molecule has 0 spiro atoms. The summed E-state index contributed by atoms with van der Waals surface area (Å²) >= 11 is 0. The Bertz CT molecular complexity index is 537. The fourth-order valence-electron chi connectivity index (χ4n) is 1.72. The molecule has 0 aliphatic rings. The number of rotatable bonds is 3. The van der Waals surface area contributed by atoms with E-state index in [9.17, 15) is 18.3 Å². The van der Waals surface area contributed by atoms with E-state index in [1.54, 1.807) is 0 Å². The molecule has 2 aromatic rings. The third-order valence-corrected chi connectivity index (χ3v) is 2.70. The summed E-state index contributed by atoms with van der Waals surface area (Å²) in [5, 5.41) is 9.87. The third kappa shape index (κ3) is 2.71. The van der Waals surface area contributed by atoms with Crippen LogP contribution in [0.25, 0.3) is 0 Å². The Hall–Kier alpha value is -1.81. The molecule has 0 saturated heterocycles. The van der Waals surface area contributed by atoms with Gasteiger partial charge < -0.3 is 5.11 Å². The Kier molecular flexibility index (Phi) is 3.67. The molecule has 0 radical (unpaired) electrons. The summed E-state index contributed by atoms with van der Waals surface area (Å²) in [4.78, 5) is 0. The molecule has 1 N–H and O–H groups in total. The first kappa shape index (κ1) is 12.6. The average molecular weight is 252 g/mol. The quantitative estimate of drug-likeness (QED) is 0.887. The van der Waals surface area contributed by atoms with Crippen molar-refractivity contribution >= 4 is 0 Å². The van der Waals surface area contributed by atoms with Gasteiger partial charge in [-0.05, 0) is 29.3 Å². The second-order valence-corrected chi connectivity index (χ2v) is 3.98. The van der Waals surface area contributed by atoms with E-state index in [4.69, 9.17) is 0 Å². The summed E-state index contributed by atoms with van der Waals surface area (Å²) in [6.07, 6.45) is -1.06. The second kappa shape index (κ2) is 5.23. The molecule has 1 unspecified atom stereocenters. The van der Waals surface area contributed by atoms with Crippen molar-refractivity contribution in [3.63, 3.8) is 0 Å². The smallest absolute Gasteiger partial charge is 0.162 e. The maximum absolute atomic E-state index is 13.4. The van der Waals surface area contributed by atoms with Crippen molar-refractivity contribution in [2.75, 3.05) is 0 Å². The van der Waals surface area contributed by atoms with Crippen LogP contribution in [0, 0.1) is 17.5 Å². The van der Waals surface area contributed by atoms with Crippen molar-refractivity contribution in [2.45, 2.75) is 12.5 Å². The number of aliphatic hydroxyl groups excluding tert-OH is 1. The minimum Gasteiger partial charge on any atom is -0.388 e. The normalized spacial score (nSPS) is 12.4. The van der Waals surface area contributed by atoms with E-state index in [0.29, 0.717) is 5.56 Å². The van der Waals surface area contributed by atoms with E-state index in [1.807, 2.05) is 0 Å². The highest BCUT2D eigenvalue weighted by Crippen LogP contribution is 2.21. The lowest BCUT2D eigenvalue weighted by molar-refractivity contribution is 0.176. The van der Waals surface area contributed by atoms with Crippen molar-refractivity contribution in [1.29, 1.82) is 0 Å². The van der Waals surface area contributed by atoms with E-state index in [2.05, 4.69) is 0 Å². The van der Waals surface area contributed by atoms with Crippen LogP contribution in [0.4, 0.5) is 13.2 Å². The largest absolute Gasteiger partial charge is 0.388 e. The van der Waals surface area contributed by atoms with Gasteiger partial charge in [-0.1, -0.05) is 24.3 Å². The molecule has 1 nitrogen and oxygen atoms in total. The van der Waals surface area contributed by atoms with Crippen molar-refractivity contribution in [2.24, 2.45) is 0 Å². The molecule has 0 aliphatic heterocycles. The lowest BCUT2D eigenvalue weighted by atomic mass is 10.0. The molecule has 0 aliphatic carbocycles. The highest BCUT2D eigenvalue weighted by atomic mass is 19.2. The van der Waals surface area contributed by atoms with Crippen LogP contribution in [0.1, 0.15) is 17.2 Å². The zero-order valence-electron chi connectivity index (χ0n) is 9.41. The first-order chi connectivity index (χ1) is 8.58. The molecule has 2 aromatic carbocycles. The Labute approximate surface area is 103 Å². The maximum Gasteiger partial charge on any atom is 0.162 e. The summed E-state index contributed by atoms with van der Waals surface area (Å²) in [5.41, 5.74) is 0.548. The molecule has 4 heteroatoms.